The molecule has 0 radical (unpaired) electrons. The van der Waals surface area contributed by atoms with E-state index in [0.717, 1.165) is 16.4 Å². The van der Waals surface area contributed by atoms with Gasteiger partial charge in [-0.1, -0.05) is 6.07 Å². The van der Waals surface area contributed by atoms with Gasteiger partial charge in [0.1, 0.15) is 0 Å². The molecule has 0 unspecified atom stereocenters. The zero-order chi connectivity index (χ0) is 17.1. The van der Waals surface area contributed by atoms with E-state index in [1.165, 1.54) is 0 Å². The topological polar surface area (TPSA) is 73.3 Å². The number of benzene rings is 1. The number of carbonyl (C=O) groups excluding carboxylic acids is 1. The maximum absolute atomic E-state index is 12.2. The lowest BCUT2D eigenvalue weighted by Crippen LogP contribution is -2.14. The summed E-state index contributed by atoms with van der Waals surface area (Å²) in [5, 5.41) is 5.72. The molecule has 2 aromatic heterocycles. The number of anilines is 1. The number of thiazole rings is 1. The monoisotopic (exact) mass is 353 g/mol. The van der Waals surface area contributed by atoms with Crippen LogP contribution < -0.4 is 14.8 Å². The highest BCUT2D eigenvalue weighted by atomic mass is 32.1. The van der Waals surface area contributed by atoms with E-state index in [4.69, 9.17) is 9.47 Å². The summed E-state index contributed by atoms with van der Waals surface area (Å²) in [6, 6.07) is 11.1. The molecule has 1 N–H and O–H groups in total. The van der Waals surface area contributed by atoms with Crippen LogP contribution in [0, 0.1) is 0 Å². The summed E-state index contributed by atoms with van der Waals surface area (Å²) in [6.45, 7) is 0.213. The minimum absolute atomic E-state index is 0.117. The largest absolute Gasteiger partial charge is 0.454 e. The Morgan fingerprint density at radius 2 is 2.08 bits per heavy atom. The predicted molar refractivity (Wildman–Crippen MR) is 94.1 cm³/mol. The second-order valence-electron chi connectivity index (χ2n) is 5.52. The minimum atomic E-state index is -0.117. The number of fused-ring (bicyclic) bond motifs is 1. The molecule has 126 valence electrons. The lowest BCUT2D eigenvalue weighted by Gasteiger charge is -2.05. The predicted octanol–water partition coefficient (Wildman–Crippen LogP) is 3.04. The van der Waals surface area contributed by atoms with Crippen molar-refractivity contribution >= 4 is 22.9 Å². The van der Waals surface area contributed by atoms with Crippen LogP contribution in [0.15, 0.2) is 48.0 Å². The Labute approximate surface area is 148 Å². The van der Waals surface area contributed by atoms with E-state index in [9.17, 15) is 4.79 Å². The van der Waals surface area contributed by atoms with E-state index in [-0.39, 0.29) is 19.1 Å². The molecule has 0 atom stereocenters. The summed E-state index contributed by atoms with van der Waals surface area (Å²) in [5.74, 6) is 1.22. The zero-order valence-electron chi connectivity index (χ0n) is 13.3. The number of nitrogens with one attached hydrogen (secondary N) is 1. The normalized spacial score (nSPS) is 12.2. The lowest BCUT2D eigenvalue weighted by atomic mass is 10.2. The standard InChI is InChI=1S/C18H15N3O3S/c22-17(20-13-4-5-15-16(7-13)24-11-23-15)8-14-10-25-18(21-14)9-12-3-1-2-6-19-12/h1-7,10H,8-9,11H2,(H,20,22). The molecule has 0 aliphatic carbocycles. The number of ether oxygens (including phenoxy) is 2. The molecule has 25 heavy (non-hydrogen) atoms. The summed E-state index contributed by atoms with van der Waals surface area (Å²) >= 11 is 1.54. The van der Waals surface area contributed by atoms with Crippen molar-refractivity contribution in [3.63, 3.8) is 0 Å². The first-order chi connectivity index (χ1) is 12.3. The van der Waals surface area contributed by atoms with Crippen molar-refractivity contribution in [2.75, 3.05) is 12.1 Å². The van der Waals surface area contributed by atoms with E-state index in [1.54, 1.807) is 35.7 Å². The third-order valence-corrected chi connectivity index (χ3v) is 4.55. The fraction of sp³-hybridized carbons (Fsp3) is 0.167. The first-order valence-electron chi connectivity index (χ1n) is 7.79. The molecule has 7 heteroatoms. The van der Waals surface area contributed by atoms with Crippen molar-refractivity contribution < 1.29 is 14.3 Å². The Hall–Kier alpha value is -2.93. The van der Waals surface area contributed by atoms with Crippen LogP contribution in [0.2, 0.25) is 0 Å². The van der Waals surface area contributed by atoms with Crippen LogP contribution in [-0.4, -0.2) is 22.7 Å². The second kappa shape index (κ2) is 6.90. The third kappa shape index (κ3) is 3.77. The van der Waals surface area contributed by atoms with E-state index < -0.39 is 0 Å². The Balaban J connectivity index is 1.36. The average molecular weight is 353 g/mol. The van der Waals surface area contributed by atoms with Gasteiger partial charge < -0.3 is 14.8 Å². The average Bonchev–Trinajstić information content (AvgIpc) is 3.24. The maximum atomic E-state index is 12.2. The Morgan fingerprint density at radius 1 is 1.16 bits per heavy atom. The van der Waals surface area contributed by atoms with Gasteiger partial charge in [0.25, 0.3) is 0 Å². The van der Waals surface area contributed by atoms with E-state index >= 15 is 0 Å². The molecular weight excluding hydrogens is 338 g/mol. The molecule has 1 aliphatic rings. The highest BCUT2D eigenvalue weighted by Crippen LogP contribution is 2.34. The second-order valence-corrected chi connectivity index (χ2v) is 6.47. The molecule has 0 saturated carbocycles. The number of carbonyl (C=O) groups is 1. The van der Waals surface area contributed by atoms with Crippen LogP contribution in [0.5, 0.6) is 11.5 Å². The van der Waals surface area contributed by atoms with Crippen LogP contribution in [0.4, 0.5) is 5.69 Å². The van der Waals surface area contributed by atoms with E-state index in [1.807, 2.05) is 23.6 Å². The van der Waals surface area contributed by atoms with E-state index in [0.29, 0.717) is 23.6 Å². The minimum Gasteiger partial charge on any atom is -0.454 e. The summed E-state index contributed by atoms with van der Waals surface area (Å²) in [7, 11) is 0. The highest BCUT2D eigenvalue weighted by molar-refractivity contribution is 7.09. The number of hydrogen-bond donors (Lipinski definition) is 1. The van der Waals surface area contributed by atoms with Crippen molar-refractivity contribution in [3.8, 4) is 11.5 Å². The Kier molecular flexibility index (Phi) is 4.30. The van der Waals surface area contributed by atoms with Crippen LogP contribution in [-0.2, 0) is 17.6 Å². The van der Waals surface area contributed by atoms with Gasteiger partial charge in [-0.25, -0.2) is 4.98 Å². The fourth-order valence-electron chi connectivity index (χ4n) is 2.51. The van der Waals surface area contributed by atoms with Gasteiger partial charge in [0.2, 0.25) is 12.7 Å². The summed E-state index contributed by atoms with van der Waals surface area (Å²) < 4.78 is 10.6. The van der Waals surface area contributed by atoms with Crippen LogP contribution in [0.3, 0.4) is 0 Å². The number of nitrogens with zero attached hydrogens (tertiary/aromatic N) is 2. The van der Waals surface area contributed by atoms with Gasteiger partial charge in [-0.3, -0.25) is 9.78 Å². The quantitative estimate of drug-likeness (QED) is 0.763. The molecule has 1 aliphatic heterocycles. The van der Waals surface area contributed by atoms with Crippen molar-refractivity contribution in [1.29, 1.82) is 0 Å². The van der Waals surface area contributed by atoms with Gasteiger partial charge in [0.15, 0.2) is 11.5 Å². The van der Waals surface area contributed by atoms with Gasteiger partial charge in [-0.05, 0) is 24.3 Å². The third-order valence-electron chi connectivity index (χ3n) is 3.66. The molecule has 6 nitrogen and oxygen atoms in total. The molecule has 1 amide bonds. The fourth-order valence-corrected chi connectivity index (χ4v) is 3.32. The molecule has 1 aromatic carbocycles. The number of hydrogen-bond acceptors (Lipinski definition) is 6. The Morgan fingerprint density at radius 3 is 2.96 bits per heavy atom. The summed E-state index contributed by atoms with van der Waals surface area (Å²) in [4.78, 5) is 21.0. The molecule has 4 rings (SSSR count). The number of aromatic nitrogens is 2. The van der Waals surface area contributed by atoms with Gasteiger partial charge in [0.05, 0.1) is 17.1 Å². The molecule has 3 heterocycles. The van der Waals surface area contributed by atoms with Gasteiger partial charge in [-0.2, -0.15) is 0 Å². The molecule has 3 aromatic rings. The summed E-state index contributed by atoms with van der Waals surface area (Å²) in [6.07, 6.45) is 2.67. The molecule has 0 bridgehead atoms. The van der Waals surface area contributed by atoms with Crippen LogP contribution >= 0.6 is 11.3 Å². The van der Waals surface area contributed by atoms with Gasteiger partial charge >= 0.3 is 0 Å². The van der Waals surface area contributed by atoms with Crippen molar-refractivity contribution in [2.24, 2.45) is 0 Å². The first-order valence-corrected chi connectivity index (χ1v) is 8.67. The van der Waals surface area contributed by atoms with Crippen molar-refractivity contribution in [1.82, 2.24) is 9.97 Å². The Bertz CT molecular complexity index is 896. The lowest BCUT2D eigenvalue weighted by molar-refractivity contribution is -0.115. The van der Waals surface area contributed by atoms with Crippen LogP contribution in [0.1, 0.15) is 16.4 Å². The molecule has 0 saturated heterocycles. The molecular formula is C18H15N3O3S. The number of pyridine rings is 1. The maximum Gasteiger partial charge on any atom is 0.231 e. The van der Waals surface area contributed by atoms with Crippen molar-refractivity contribution in [2.45, 2.75) is 12.8 Å². The van der Waals surface area contributed by atoms with Crippen LogP contribution in [0.25, 0.3) is 0 Å². The van der Waals surface area contributed by atoms with Gasteiger partial charge in [0, 0.05) is 35.4 Å². The summed E-state index contributed by atoms with van der Waals surface area (Å²) in [5.41, 5.74) is 2.40. The van der Waals surface area contributed by atoms with Gasteiger partial charge in [-0.15, -0.1) is 11.3 Å². The van der Waals surface area contributed by atoms with E-state index in [2.05, 4.69) is 15.3 Å². The number of amides is 1. The number of rotatable bonds is 5. The van der Waals surface area contributed by atoms with Crippen molar-refractivity contribution in [3.05, 3.63) is 64.4 Å². The highest BCUT2D eigenvalue weighted by Gasteiger charge is 2.15. The SMILES string of the molecule is O=C(Cc1csc(Cc2ccccn2)n1)Nc1ccc2c(c1)OCO2. The first kappa shape index (κ1) is 15.6. The molecule has 0 fully saturated rings. The molecule has 0 spiro atoms. The zero-order valence-corrected chi connectivity index (χ0v) is 14.1. The smallest absolute Gasteiger partial charge is 0.231 e.